The topological polar surface area (TPSA) is 26.3 Å². The van der Waals surface area contributed by atoms with E-state index in [-0.39, 0.29) is 11.8 Å². The van der Waals surface area contributed by atoms with Crippen molar-refractivity contribution in [1.29, 1.82) is 0 Å². The van der Waals surface area contributed by atoms with Crippen molar-refractivity contribution in [3.05, 3.63) is 0 Å². The van der Waals surface area contributed by atoms with Gasteiger partial charge in [0.05, 0.1) is 6.61 Å². The molecule has 0 unspecified atom stereocenters. The van der Waals surface area contributed by atoms with Crippen LogP contribution in [0.5, 0.6) is 0 Å². The highest BCUT2D eigenvalue weighted by molar-refractivity contribution is 5.82. The highest BCUT2D eigenvalue weighted by Gasteiger charge is 2.23. The Bertz CT molecular complexity index is 134. The van der Waals surface area contributed by atoms with Crippen LogP contribution in [0.25, 0.3) is 0 Å². The van der Waals surface area contributed by atoms with Gasteiger partial charge in [0.2, 0.25) is 0 Å². The maximum Gasteiger partial charge on any atom is 0.140 e. The molecule has 0 aromatic rings. The molecule has 0 aliphatic carbocycles. The van der Waals surface area contributed by atoms with Gasteiger partial charge in [-0.3, -0.25) is 4.79 Å². The second-order valence-corrected chi connectivity index (χ2v) is 3.47. The van der Waals surface area contributed by atoms with Gasteiger partial charge in [0.1, 0.15) is 5.78 Å². The molecule has 64 valence electrons. The summed E-state index contributed by atoms with van der Waals surface area (Å²) in [5.41, 5.74) is 0. The fourth-order valence-electron chi connectivity index (χ4n) is 1.44. The van der Waals surface area contributed by atoms with Crippen LogP contribution in [0.1, 0.15) is 26.7 Å². The molecule has 1 heterocycles. The fourth-order valence-corrected chi connectivity index (χ4v) is 1.44. The predicted octanol–water partition coefficient (Wildman–Crippen LogP) is 1.64. The Hall–Kier alpha value is -0.370. The third-order valence-electron chi connectivity index (χ3n) is 2.13. The lowest BCUT2D eigenvalue weighted by atomic mass is 9.91. The first kappa shape index (κ1) is 8.72. The summed E-state index contributed by atoms with van der Waals surface area (Å²) in [6.07, 6.45) is 2.07. The Balaban J connectivity index is 2.39. The molecule has 1 fully saturated rings. The van der Waals surface area contributed by atoms with Crippen LogP contribution in [0.2, 0.25) is 0 Å². The number of ether oxygens (including phenoxy) is 1. The third kappa shape index (κ3) is 2.29. The van der Waals surface area contributed by atoms with Crippen LogP contribution in [0.3, 0.4) is 0 Å². The highest BCUT2D eigenvalue weighted by atomic mass is 16.5. The molecule has 1 atom stereocenters. The molecule has 0 amide bonds. The van der Waals surface area contributed by atoms with Crippen molar-refractivity contribution in [3.63, 3.8) is 0 Å². The molecular formula is C9H16O2. The zero-order chi connectivity index (χ0) is 8.27. The van der Waals surface area contributed by atoms with Gasteiger partial charge in [-0.1, -0.05) is 13.8 Å². The molecule has 1 rings (SSSR count). The van der Waals surface area contributed by atoms with Crippen LogP contribution in [0, 0.1) is 11.8 Å². The smallest absolute Gasteiger partial charge is 0.140 e. The van der Waals surface area contributed by atoms with Gasteiger partial charge in [-0.25, -0.2) is 0 Å². The maximum absolute atomic E-state index is 11.4. The van der Waals surface area contributed by atoms with Crippen molar-refractivity contribution in [1.82, 2.24) is 0 Å². The summed E-state index contributed by atoms with van der Waals surface area (Å²) in [6.45, 7) is 5.40. The van der Waals surface area contributed by atoms with E-state index in [0.29, 0.717) is 12.4 Å². The van der Waals surface area contributed by atoms with Crippen LogP contribution < -0.4 is 0 Å². The quantitative estimate of drug-likeness (QED) is 0.607. The number of carbonyl (C=O) groups excluding carboxylic acids is 1. The SMILES string of the molecule is CC(C)C(=O)[C@@H]1CCCOC1. The number of Topliss-reactive ketones (excluding diaryl/α,β-unsaturated/α-hetero) is 1. The summed E-state index contributed by atoms with van der Waals surface area (Å²) in [5, 5.41) is 0. The lowest BCUT2D eigenvalue weighted by Crippen LogP contribution is -2.28. The molecule has 1 aliphatic rings. The van der Waals surface area contributed by atoms with Crippen LogP contribution in [0.15, 0.2) is 0 Å². The minimum absolute atomic E-state index is 0.168. The van der Waals surface area contributed by atoms with Gasteiger partial charge >= 0.3 is 0 Å². The van der Waals surface area contributed by atoms with E-state index in [4.69, 9.17) is 4.74 Å². The largest absolute Gasteiger partial charge is 0.381 e. The standard InChI is InChI=1S/C9H16O2/c1-7(2)9(10)8-4-3-5-11-6-8/h7-8H,3-6H2,1-2H3/t8-/m1/s1. The minimum atomic E-state index is 0.168. The van der Waals surface area contributed by atoms with Crippen molar-refractivity contribution in [3.8, 4) is 0 Å². The Labute approximate surface area is 67.9 Å². The Kier molecular flexibility index (Phi) is 3.06. The Morgan fingerprint density at radius 1 is 1.55 bits per heavy atom. The molecule has 1 saturated heterocycles. The highest BCUT2D eigenvalue weighted by Crippen LogP contribution is 2.17. The zero-order valence-electron chi connectivity index (χ0n) is 7.30. The van der Waals surface area contributed by atoms with E-state index in [2.05, 4.69) is 0 Å². The summed E-state index contributed by atoms with van der Waals surface area (Å²) in [5.74, 6) is 0.718. The zero-order valence-corrected chi connectivity index (χ0v) is 7.30. The number of rotatable bonds is 2. The second kappa shape index (κ2) is 3.86. The molecule has 0 aromatic heterocycles. The molecular weight excluding hydrogens is 140 g/mol. The number of hydrogen-bond donors (Lipinski definition) is 0. The van der Waals surface area contributed by atoms with Gasteiger partial charge in [0, 0.05) is 18.4 Å². The molecule has 0 spiro atoms. The molecule has 11 heavy (non-hydrogen) atoms. The monoisotopic (exact) mass is 156 g/mol. The molecule has 0 radical (unpaired) electrons. The van der Waals surface area contributed by atoms with Crippen LogP contribution in [0.4, 0.5) is 0 Å². The first-order valence-corrected chi connectivity index (χ1v) is 4.33. The molecule has 2 nitrogen and oxygen atoms in total. The summed E-state index contributed by atoms with van der Waals surface area (Å²) in [4.78, 5) is 11.4. The molecule has 0 bridgehead atoms. The number of carbonyl (C=O) groups is 1. The van der Waals surface area contributed by atoms with Crippen LogP contribution >= 0.6 is 0 Å². The van der Waals surface area contributed by atoms with Crippen molar-refractivity contribution < 1.29 is 9.53 Å². The van der Waals surface area contributed by atoms with Gasteiger partial charge in [0.15, 0.2) is 0 Å². The second-order valence-electron chi connectivity index (χ2n) is 3.47. The Morgan fingerprint density at radius 2 is 2.27 bits per heavy atom. The van der Waals surface area contributed by atoms with E-state index >= 15 is 0 Å². The minimum Gasteiger partial charge on any atom is -0.381 e. The molecule has 0 N–H and O–H groups in total. The summed E-state index contributed by atoms with van der Waals surface area (Å²) >= 11 is 0. The Morgan fingerprint density at radius 3 is 2.73 bits per heavy atom. The van der Waals surface area contributed by atoms with Crippen molar-refractivity contribution in [2.24, 2.45) is 11.8 Å². The van der Waals surface area contributed by atoms with Crippen molar-refractivity contribution in [2.75, 3.05) is 13.2 Å². The van der Waals surface area contributed by atoms with E-state index < -0.39 is 0 Å². The lowest BCUT2D eigenvalue weighted by Gasteiger charge is -2.22. The van der Waals surface area contributed by atoms with Crippen molar-refractivity contribution >= 4 is 5.78 Å². The van der Waals surface area contributed by atoms with Gasteiger partial charge in [-0.2, -0.15) is 0 Å². The fraction of sp³-hybridized carbons (Fsp3) is 0.889. The summed E-state index contributed by atoms with van der Waals surface area (Å²) in [7, 11) is 0. The number of hydrogen-bond acceptors (Lipinski definition) is 2. The predicted molar refractivity (Wildman–Crippen MR) is 43.4 cm³/mol. The third-order valence-corrected chi connectivity index (χ3v) is 2.13. The molecule has 0 aromatic carbocycles. The first-order valence-electron chi connectivity index (χ1n) is 4.33. The molecule has 1 aliphatic heterocycles. The average Bonchev–Trinajstić information content (AvgIpc) is 2.05. The average molecular weight is 156 g/mol. The normalized spacial score (nSPS) is 25.5. The van der Waals surface area contributed by atoms with Crippen LogP contribution in [-0.4, -0.2) is 19.0 Å². The maximum atomic E-state index is 11.4. The van der Waals surface area contributed by atoms with E-state index in [1.807, 2.05) is 13.8 Å². The van der Waals surface area contributed by atoms with E-state index in [9.17, 15) is 4.79 Å². The number of ketones is 1. The summed E-state index contributed by atoms with van der Waals surface area (Å²) in [6, 6.07) is 0. The van der Waals surface area contributed by atoms with Gasteiger partial charge < -0.3 is 4.74 Å². The van der Waals surface area contributed by atoms with Gasteiger partial charge in [-0.15, -0.1) is 0 Å². The van der Waals surface area contributed by atoms with E-state index in [0.717, 1.165) is 19.4 Å². The first-order chi connectivity index (χ1) is 5.22. The van der Waals surface area contributed by atoms with Crippen molar-refractivity contribution in [2.45, 2.75) is 26.7 Å². The molecule has 2 heteroatoms. The van der Waals surface area contributed by atoms with E-state index in [1.54, 1.807) is 0 Å². The lowest BCUT2D eigenvalue weighted by molar-refractivity contribution is -0.129. The molecule has 0 saturated carbocycles. The van der Waals surface area contributed by atoms with Gasteiger partial charge in [-0.05, 0) is 12.8 Å². The van der Waals surface area contributed by atoms with Gasteiger partial charge in [0.25, 0.3) is 0 Å². The van der Waals surface area contributed by atoms with Crippen LogP contribution in [-0.2, 0) is 9.53 Å². The van der Waals surface area contributed by atoms with E-state index in [1.165, 1.54) is 0 Å². The summed E-state index contributed by atoms with van der Waals surface area (Å²) < 4.78 is 5.23.